The van der Waals surface area contributed by atoms with E-state index < -0.39 is 0 Å². The highest BCUT2D eigenvalue weighted by Gasteiger charge is 2.25. The smallest absolute Gasteiger partial charge is 0.0650 e. The van der Waals surface area contributed by atoms with Crippen LogP contribution in [0.1, 0.15) is 88.5 Å². The van der Waals surface area contributed by atoms with Crippen molar-refractivity contribution in [2.75, 3.05) is 39.8 Å². The van der Waals surface area contributed by atoms with Crippen LogP contribution in [-0.2, 0) is 4.74 Å². The van der Waals surface area contributed by atoms with E-state index in [1.165, 1.54) is 32.6 Å². The number of hydrogen-bond donors (Lipinski definition) is 0. The van der Waals surface area contributed by atoms with Gasteiger partial charge in [0.2, 0.25) is 0 Å². The topological polar surface area (TPSA) is 15.7 Å². The largest absolute Gasteiger partial charge is 0.374 e. The Balaban J connectivity index is -0.000000659. The molecular formula is C21H50N2O. The van der Waals surface area contributed by atoms with Crippen molar-refractivity contribution in [1.29, 1.82) is 0 Å². The van der Waals surface area contributed by atoms with Crippen LogP contribution in [0, 0.1) is 0 Å². The lowest BCUT2D eigenvalue weighted by atomic mass is 10.00. The maximum absolute atomic E-state index is 6.21. The number of likely N-dealkylation sites (N-methyl/N-ethyl adjacent to an activating group) is 1. The fraction of sp³-hybridized carbons (Fsp3) is 1.00. The third kappa shape index (κ3) is 12.3. The van der Waals surface area contributed by atoms with Crippen molar-refractivity contribution >= 4 is 0 Å². The molecule has 0 saturated carbocycles. The van der Waals surface area contributed by atoms with E-state index in [9.17, 15) is 0 Å². The average molecular weight is 347 g/mol. The van der Waals surface area contributed by atoms with Crippen molar-refractivity contribution in [3.63, 3.8) is 0 Å². The van der Waals surface area contributed by atoms with Crippen LogP contribution in [-0.4, -0.2) is 61.3 Å². The van der Waals surface area contributed by atoms with Gasteiger partial charge in [-0.3, -0.25) is 4.90 Å². The molecule has 3 heteroatoms. The molecule has 150 valence electrons. The molecule has 0 aliphatic carbocycles. The number of nitrogens with zero attached hydrogens (tertiary/aromatic N) is 2. The molecule has 1 unspecified atom stereocenters. The summed E-state index contributed by atoms with van der Waals surface area (Å²) >= 11 is 0. The molecule has 0 radical (unpaired) electrons. The Hall–Kier alpha value is -0.120. The van der Waals surface area contributed by atoms with Crippen LogP contribution >= 0.6 is 0 Å². The Labute approximate surface area is 155 Å². The standard InChI is InChI=1S/C15H32N2O.3C2H6/c1-6-14(13-18-15(4,7-2)8-3)17-11-9-16(5)10-12-17;3*1-2/h14H,6-13H2,1-5H3;3*1-2H3. The lowest BCUT2D eigenvalue weighted by Crippen LogP contribution is -2.51. The second kappa shape index (κ2) is 19.2. The van der Waals surface area contributed by atoms with Crippen LogP contribution < -0.4 is 0 Å². The van der Waals surface area contributed by atoms with Crippen LogP contribution in [0.15, 0.2) is 0 Å². The predicted octanol–water partition coefficient (Wildman–Crippen LogP) is 5.69. The first-order valence-electron chi connectivity index (χ1n) is 10.6. The number of ether oxygens (including phenoxy) is 1. The van der Waals surface area contributed by atoms with E-state index in [0.29, 0.717) is 6.04 Å². The molecule has 1 fully saturated rings. The summed E-state index contributed by atoms with van der Waals surface area (Å²) in [6.45, 7) is 26.6. The summed E-state index contributed by atoms with van der Waals surface area (Å²) in [4.78, 5) is 5.01. The van der Waals surface area contributed by atoms with Crippen molar-refractivity contribution < 1.29 is 4.74 Å². The molecule has 1 aliphatic rings. The van der Waals surface area contributed by atoms with Gasteiger partial charge in [-0.2, -0.15) is 0 Å². The van der Waals surface area contributed by atoms with Gasteiger partial charge in [-0.15, -0.1) is 0 Å². The number of rotatable bonds is 7. The second-order valence-electron chi connectivity index (χ2n) is 5.87. The van der Waals surface area contributed by atoms with E-state index in [1.54, 1.807) is 0 Å². The predicted molar refractivity (Wildman–Crippen MR) is 112 cm³/mol. The quantitative estimate of drug-likeness (QED) is 0.589. The second-order valence-corrected chi connectivity index (χ2v) is 5.87. The molecular weight excluding hydrogens is 296 g/mol. The lowest BCUT2D eigenvalue weighted by Gasteiger charge is -2.39. The van der Waals surface area contributed by atoms with Gasteiger partial charge in [-0.25, -0.2) is 0 Å². The third-order valence-corrected chi connectivity index (χ3v) is 4.65. The van der Waals surface area contributed by atoms with E-state index in [0.717, 1.165) is 19.4 Å². The van der Waals surface area contributed by atoms with Crippen LogP contribution in [0.4, 0.5) is 0 Å². The molecule has 3 nitrogen and oxygen atoms in total. The van der Waals surface area contributed by atoms with Crippen LogP contribution in [0.2, 0.25) is 0 Å². The van der Waals surface area contributed by atoms with Gasteiger partial charge >= 0.3 is 0 Å². The van der Waals surface area contributed by atoms with Crippen molar-refractivity contribution in [3.8, 4) is 0 Å². The van der Waals surface area contributed by atoms with Gasteiger partial charge in [-0.1, -0.05) is 62.3 Å². The molecule has 0 aromatic carbocycles. The first kappa shape index (κ1) is 28.7. The molecule has 0 amide bonds. The minimum Gasteiger partial charge on any atom is -0.374 e. The Morgan fingerprint density at radius 1 is 0.833 bits per heavy atom. The fourth-order valence-corrected chi connectivity index (χ4v) is 2.42. The van der Waals surface area contributed by atoms with Crippen LogP contribution in [0.25, 0.3) is 0 Å². The highest BCUT2D eigenvalue weighted by atomic mass is 16.5. The molecule has 1 atom stereocenters. The van der Waals surface area contributed by atoms with Crippen molar-refractivity contribution in [2.45, 2.75) is 100 Å². The van der Waals surface area contributed by atoms with Gasteiger partial charge < -0.3 is 9.64 Å². The normalized spacial score (nSPS) is 16.6. The van der Waals surface area contributed by atoms with Crippen LogP contribution in [0.5, 0.6) is 0 Å². The van der Waals surface area contributed by atoms with Gasteiger partial charge in [0, 0.05) is 32.2 Å². The maximum atomic E-state index is 6.21. The lowest BCUT2D eigenvalue weighted by molar-refractivity contribution is -0.0671. The molecule has 24 heavy (non-hydrogen) atoms. The van der Waals surface area contributed by atoms with Gasteiger partial charge in [0.25, 0.3) is 0 Å². The van der Waals surface area contributed by atoms with Crippen molar-refractivity contribution in [2.24, 2.45) is 0 Å². The monoisotopic (exact) mass is 346 g/mol. The average Bonchev–Trinajstić information content (AvgIpc) is 2.68. The summed E-state index contributed by atoms with van der Waals surface area (Å²) in [6.07, 6.45) is 3.39. The maximum Gasteiger partial charge on any atom is 0.0650 e. The highest BCUT2D eigenvalue weighted by molar-refractivity contribution is 4.79. The Morgan fingerprint density at radius 2 is 1.25 bits per heavy atom. The van der Waals surface area contributed by atoms with Crippen LogP contribution in [0.3, 0.4) is 0 Å². The molecule has 0 spiro atoms. The zero-order valence-electron chi connectivity index (χ0n) is 19.0. The van der Waals surface area contributed by atoms with E-state index in [4.69, 9.17) is 4.74 Å². The number of piperazine rings is 1. The van der Waals surface area contributed by atoms with Gasteiger partial charge in [0.15, 0.2) is 0 Å². The zero-order chi connectivity index (χ0) is 19.6. The zero-order valence-corrected chi connectivity index (χ0v) is 19.0. The summed E-state index contributed by atoms with van der Waals surface area (Å²) in [7, 11) is 2.21. The molecule has 0 aromatic heterocycles. The Kier molecular flexibility index (Phi) is 22.9. The molecule has 1 aliphatic heterocycles. The van der Waals surface area contributed by atoms with E-state index in [2.05, 4.69) is 44.5 Å². The molecule has 1 heterocycles. The van der Waals surface area contributed by atoms with Gasteiger partial charge in [0.1, 0.15) is 0 Å². The molecule has 1 rings (SSSR count). The SMILES string of the molecule is CC.CC.CC.CCC(COC(C)(CC)CC)N1CCN(C)CC1. The fourth-order valence-electron chi connectivity index (χ4n) is 2.42. The summed E-state index contributed by atoms with van der Waals surface area (Å²) in [5.74, 6) is 0. The molecule has 0 bridgehead atoms. The highest BCUT2D eigenvalue weighted by Crippen LogP contribution is 2.21. The van der Waals surface area contributed by atoms with Crippen molar-refractivity contribution in [1.82, 2.24) is 9.80 Å². The van der Waals surface area contributed by atoms with E-state index in [-0.39, 0.29) is 5.60 Å². The third-order valence-electron chi connectivity index (χ3n) is 4.65. The first-order valence-corrected chi connectivity index (χ1v) is 10.6. The molecule has 1 saturated heterocycles. The molecule has 0 N–H and O–H groups in total. The van der Waals surface area contributed by atoms with Gasteiger partial charge in [-0.05, 0) is 33.2 Å². The minimum absolute atomic E-state index is 0.0694. The summed E-state index contributed by atoms with van der Waals surface area (Å²) in [6, 6.07) is 0.594. The molecule has 0 aromatic rings. The van der Waals surface area contributed by atoms with Gasteiger partial charge in [0.05, 0.1) is 12.2 Å². The minimum atomic E-state index is 0.0694. The summed E-state index contributed by atoms with van der Waals surface area (Å²) in [5, 5.41) is 0. The Morgan fingerprint density at radius 3 is 1.58 bits per heavy atom. The van der Waals surface area contributed by atoms with E-state index >= 15 is 0 Å². The first-order chi connectivity index (χ1) is 11.5. The Bertz CT molecular complexity index is 222. The summed E-state index contributed by atoms with van der Waals surface area (Å²) in [5.41, 5.74) is 0.0694. The van der Waals surface area contributed by atoms with Crippen molar-refractivity contribution in [3.05, 3.63) is 0 Å². The summed E-state index contributed by atoms with van der Waals surface area (Å²) < 4.78 is 6.21. The number of hydrogen-bond acceptors (Lipinski definition) is 3. The van der Waals surface area contributed by atoms with E-state index in [1.807, 2.05) is 41.5 Å².